The van der Waals surface area contributed by atoms with E-state index in [0.717, 1.165) is 12.3 Å². The van der Waals surface area contributed by atoms with Crippen LogP contribution in [0.15, 0.2) is 30.3 Å². The van der Waals surface area contributed by atoms with Gasteiger partial charge in [0, 0.05) is 12.6 Å². The molecule has 0 aromatic heterocycles. The summed E-state index contributed by atoms with van der Waals surface area (Å²) in [6.07, 6.45) is 5.21. The molecule has 0 amide bonds. The highest BCUT2D eigenvalue weighted by molar-refractivity contribution is 7.80. The van der Waals surface area contributed by atoms with Gasteiger partial charge in [-0.25, -0.2) is 0 Å². The monoisotopic (exact) mass is 265 g/mol. The molecule has 0 saturated heterocycles. The van der Waals surface area contributed by atoms with Gasteiger partial charge in [-0.15, -0.1) is 0 Å². The van der Waals surface area contributed by atoms with Crippen molar-refractivity contribution >= 4 is 12.6 Å². The maximum absolute atomic E-state index is 4.25. The van der Waals surface area contributed by atoms with Crippen molar-refractivity contribution in [3.8, 4) is 0 Å². The predicted molar refractivity (Wildman–Crippen MR) is 84.3 cm³/mol. The van der Waals surface area contributed by atoms with Crippen LogP contribution in [0.4, 0.5) is 0 Å². The van der Waals surface area contributed by atoms with Gasteiger partial charge in [0.25, 0.3) is 0 Å². The molecule has 1 rings (SSSR count). The van der Waals surface area contributed by atoms with Crippen molar-refractivity contribution in [1.82, 2.24) is 4.90 Å². The maximum atomic E-state index is 4.25. The van der Waals surface area contributed by atoms with Gasteiger partial charge >= 0.3 is 0 Å². The number of unbranched alkanes of at least 4 members (excludes halogenated alkanes) is 3. The molecule has 0 aliphatic heterocycles. The lowest BCUT2D eigenvalue weighted by atomic mass is 10.1. The fourth-order valence-electron chi connectivity index (χ4n) is 2.12. The molecular formula is C16H27NS. The largest absolute Gasteiger partial charge is 0.297 e. The van der Waals surface area contributed by atoms with Crippen molar-refractivity contribution in [3.05, 3.63) is 35.9 Å². The Morgan fingerprint density at radius 1 is 1.00 bits per heavy atom. The van der Waals surface area contributed by atoms with E-state index < -0.39 is 0 Å². The summed E-state index contributed by atoms with van der Waals surface area (Å²) in [5.74, 6) is 1.03. The molecule has 0 bridgehead atoms. The molecule has 0 saturated carbocycles. The molecule has 0 radical (unpaired) electrons. The molecule has 0 spiro atoms. The first-order valence-electron chi connectivity index (χ1n) is 7.13. The van der Waals surface area contributed by atoms with E-state index >= 15 is 0 Å². The number of hydrogen-bond acceptors (Lipinski definition) is 2. The number of rotatable bonds is 9. The van der Waals surface area contributed by atoms with Gasteiger partial charge in [0.15, 0.2) is 0 Å². The molecule has 0 N–H and O–H groups in total. The smallest absolute Gasteiger partial charge is 0.0236 e. The first kappa shape index (κ1) is 15.6. The van der Waals surface area contributed by atoms with E-state index in [2.05, 4.69) is 61.7 Å². The van der Waals surface area contributed by atoms with Crippen LogP contribution < -0.4 is 0 Å². The fourth-order valence-corrected chi connectivity index (χ4v) is 2.34. The topological polar surface area (TPSA) is 3.24 Å². The van der Waals surface area contributed by atoms with Crippen LogP contribution in [0.1, 0.15) is 45.1 Å². The van der Waals surface area contributed by atoms with Crippen LogP contribution in [0.5, 0.6) is 0 Å². The van der Waals surface area contributed by atoms with Crippen molar-refractivity contribution in [2.24, 2.45) is 0 Å². The average Bonchev–Trinajstić information content (AvgIpc) is 2.38. The molecule has 0 fully saturated rings. The third-order valence-electron chi connectivity index (χ3n) is 3.31. The van der Waals surface area contributed by atoms with Gasteiger partial charge in [-0.2, -0.15) is 12.6 Å². The zero-order valence-corrected chi connectivity index (χ0v) is 12.7. The third-order valence-corrected chi connectivity index (χ3v) is 3.63. The second kappa shape index (κ2) is 9.46. The summed E-state index contributed by atoms with van der Waals surface area (Å²) < 4.78 is 0. The lowest BCUT2D eigenvalue weighted by Crippen LogP contribution is -2.31. The molecule has 1 nitrogen and oxygen atoms in total. The van der Waals surface area contributed by atoms with E-state index in [1.165, 1.54) is 37.8 Å². The van der Waals surface area contributed by atoms with Crippen molar-refractivity contribution in [1.29, 1.82) is 0 Å². The zero-order chi connectivity index (χ0) is 13.2. The highest BCUT2D eigenvalue weighted by Gasteiger charge is 2.09. The Bertz CT molecular complexity index is 297. The van der Waals surface area contributed by atoms with Gasteiger partial charge in [-0.3, -0.25) is 4.90 Å². The van der Waals surface area contributed by atoms with Gasteiger partial charge in [0.2, 0.25) is 0 Å². The van der Waals surface area contributed by atoms with Crippen LogP contribution >= 0.6 is 12.6 Å². The minimum absolute atomic E-state index is 0.620. The molecule has 1 aromatic rings. The molecule has 18 heavy (non-hydrogen) atoms. The highest BCUT2D eigenvalue weighted by atomic mass is 32.1. The Morgan fingerprint density at radius 3 is 2.28 bits per heavy atom. The molecule has 0 aliphatic carbocycles. The second-order valence-corrected chi connectivity index (χ2v) is 5.63. The summed E-state index contributed by atoms with van der Waals surface area (Å²) in [4.78, 5) is 2.57. The molecule has 1 aromatic carbocycles. The van der Waals surface area contributed by atoms with Crippen LogP contribution in [0.3, 0.4) is 0 Å². The Balaban J connectivity index is 2.32. The summed E-state index contributed by atoms with van der Waals surface area (Å²) in [6.45, 7) is 6.86. The third kappa shape index (κ3) is 6.46. The molecule has 0 unspecified atom stereocenters. The highest BCUT2D eigenvalue weighted by Crippen LogP contribution is 2.10. The summed E-state index contributed by atoms with van der Waals surface area (Å²) in [5, 5.41) is 0. The molecule has 2 heteroatoms. The van der Waals surface area contributed by atoms with Crippen LogP contribution in [0, 0.1) is 0 Å². The van der Waals surface area contributed by atoms with Crippen molar-refractivity contribution in [3.63, 3.8) is 0 Å². The van der Waals surface area contributed by atoms with E-state index in [9.17, 15) is 0 Å². The number of benzene rings is 1. The lowest BCUT2D eigenvalue weighted by molar-refractivity contribution is 0.208. The Kier molecular flexibility index (Phi) is 8.19. The number of nitrogens with zero attached hydrogens (tertiary/aromatic N) is 1. The molecule has 0 atom stereocenters. The Hall–Kier alpha value is -0.470. The average molecular weight is 265 g/mol. The molecular weight excluding hydrogens is 238 g/mol. The zero-order valence-electron chi connectivity index (χ0n) is 11.8. The molecule has 0 aliphatic rings. The number of thiol groups is 1. The second-order valence-electron chi connectivity index (χ2n) is 5.19. The summed E-state index contributed by atoms with van der Waals surface area (Å²) in [6, 6.07) is 11.4. The predicted octanol–water partition coefficient (Wildman–Crippen LogP) is 4.39. The summed E-state index contributed by atoms with van der Waals surface area (Å²) in [7, 11) is 0. The SMILES string of the molecule is CC(C)N(CCCCCCS)Cc1ccccc1. The minimum atomic E-state index is 0.620. The Morgan fingerprint density at radius 2 is 1.67 bits per heavy atom. The van der Waals surface area contributed by atoms with Gasteiger partial charge in [0.1, 0.15) is 0 Å². The van der Waals surface area contributed by atoms with Crippen LogP contribution in [-0.4, -0.2) is 23.2 Å². The fraction of sp³-hybridized carbons (Fsp3) is 0.625. The first-order chi connectivity index (χ1) is 8.74. The summed E-state index contributed by atoms with van der Waals surface area (Å²) in [5.41, 5.74) is 1.42. The van der Waals surface area contributed by atoms with E-state index in [-0.39, 0.29) is 0 Å². The van der Waals surface area contributed by atoms with Crippen molar-refractivity contribution in [2.75, 3.05) is 12.3 Å². The number of hydrogen-bond donors (Lipinski definition) is 1. The van der Waals surface area contributed by atoms with E-state index in [0.29, 0.717) is 6.04 Å². The van der Waals surface area contributed by atoms with E-state index in [4.69, 9.17) is 0 Å². The van der Waals surface area contributed by atoms with E-state index in [1.807, 2.05) is 0 Å². The minimum Gasteiger partial charge on any atom is -0.297 e. The van der Waals surface area contributed by atoms with Crippen LogP contribution in [0.2, 0.25) is 0 Å². The van der Waals surface area contributed by atoms with Crippen LogP contribution in [-0.2, 0) is 6.54 Å². The summed E-state index contributed by atoms with van der Waals surface area (Å²) >= 11 is 4.25. The van der Waals surface area contributed by atoms with Gasteiger partial charge in [0.05, 0.1) is 0 Å². The molecule has 0 heterocycles. The van der Waals surface area contributed by atoms with Gasteiger partial charge < -0.3 is 0 Å². The quantitative estimate of drug-likeness (QED) is 0.512. The van der Waals surface area contributed by atoms with Gasteiger partial charge in [-0.1, -0.05) is 43.2 Å². The van der Waals surface area contributed by atoms with Crippen LogP contribution in [0.25, 0.3) is 0 Å². The van der Waals surface area contributed by atoms with Crippen molar-refractivity contribution < 1.29 is 0 Å². The Labute approximate surface area is 118 Å². The normalized spacial score (nSPS) is 11.4. The van der Waals surface area contributed by atoms with E-state index in [1.54, 1.807) is 0 Å². The maximum Gasteiger partial charge on any atom is 0.0236 e. The molecule has 102 valence electrons. The first-order valence-corrected chi connectivity index (χ1v) is 7.76. The standard InChI is InChI=1S/C16H27NS/c1-15(2)17(12-8-3-4-9-13-18)14-16-10-6-5-7-11-16/h5-7,10-11,15,18H,3-4,8-9,12-14H2,1-2H3. The lowest BCUT2D eigenvalue weighted by Gasteiger charge is -2.26. The van der Waals surface area contributed by atoms with Crippen molar-refractivity contribution in [2.45, 2.75) is 52.1 Å². The van der Waals surface area contributed by atoms with Gasteiger partial charge in [-0.05, 0) is 44.6 Å².